The van der Waals surface area contributed by atoms with Crippen LogP contribution < -0.4 is 10.7 Å². The minimum absolute atomic E-state index is 0.0114. The van der Waals surface area contributed by atoms with E-state index in [1.165, 1.54) is 4.88 Å². The molecule has 9 rings (SSSR count). The van der Waals surface area contributed by atoms with E-state index < -0.39 is 0 Å². The fraction of sp³-hybridized carbons (Fsp3) is 0. The van der Waals surface area contributed by atoms with Gasteiger partial charge in [0, 0.05) is 52.5 Å². The lowest BCUT2D eigenvalue weighted by Crippen LogP contribution is -2.16. The molecule has 3 aromatic carbocycles. The molecule has 49 heavy (non-hydrogen) atoms. The smallest absolute Gasteiger partial charge is 0.178 e. The number of carbonyl (C=O) groups is 1. The zero-order valence-corrected chi connectivity index (χ0v) is 27.9. The van der Waals surface area contributed by atoms with Gasteiger partial charge in [-0.3, -0.25) is 4.79 Å². The van der Waals surface area contributed by atoms with E-state index in [1.807, 2.05) is 18.2 Å². The highest BCUT2D eigenvalue weighted by Gasteiger charge is 2.23. The standard InChI is InChI=1S/C44H28N2OS2/c47-32-18-16-31(17-19-32)44-36-23-22-35(46-36)43(30-14-8-3-9-15-30)38-25-24-37(48-38)41(28-10-4-1-5-11-28)33-20-21-34(45-33)42(29-12-6-2-7-13-29)39-26-27-40(44)49-39/h1-27,45H/b41-33-,42-34-,43-35-. The Hall–Kier alpha value is -5.88. The zero-order valence-electron chi connectivity index (χ0n) is 26.3. The molecule has 3 aliphatic rings. The molecule has 0 radical (unpaired) electrons. The number of hydrogen-bond donors (Lipinski definition) is 1. The molecule has 3 aromatic heterocycles. The van der Waals surface area contributed by atoms with Gasteiger partial charge in [-0.15, -0.1) is 22.7 Å². The van der Waals surface area contributed by atoms with Crippen LogP contribution in [0, 0.1) is 0 Å². The van der Waals surface area contributed by atoms with E-state index >= 15 is 0 Å². The van der Waals surface area contributed by atoms with Crippen molar-refractivity contribution in [2.45, 2.75) is 0 Å². The summed E-state index contributed by atoms with van der Waals surface area (Å²) in [5, 5.41) is 2.11. The Labute approximate surface area is 292 Å². The van der Waals surface area contributed by atoms with E-state index in [9.17, 15) is 4.79 Å². The van der Waals surface area contributed by atoms with Crippen molar-refractivity contribution in [2.75, 3.05) is 0 Å². The number of aromatic nitrogens is 1. The summed E-state index contributed by atoms with van der Waals surface area (Å²) in [5.74, 6) is -0.0114. The molecule has 1 aliphatic carbocycles. The number of nitrogens with one attached hydrogen (secondary N) is 1. The molecule has 3 nitrogen and oxygen atoms in total. The van der Waals surface area contributed by atoms with Gasteiger partial charge >= 0.3 is 0 Å². The first-order chi connectivity index (χ1) is 24.2. The van der Waals surface area contributed by atoms with Gasteiger partial charge in [0.05, 0.1) is 11.4 Å². The van der Waals surface area contributed by atoms with Gasteiger partial charge in [0.2, 0.25) is 0 Å². The van der Waals surface area contributed by atoms with Gasteiger partial charge in [-0.25, -0.2) is 4.99 Å². The third-order valence-electron chi connectivity index (χ3n) is 8.90. The maximum atomic E-state index is 12.2. The van der Waals surface area contributed by atoms with Gasteiger partial charge in [-0.05, 0) is 83.0 Å². The molecule has 0 saturated heterocycles. The highest BCUT2D eigenvalue weighted by molar-refractivity contribution is 7.15. The number of ketones is 1. The van der Waals surface area contributed by atoms with Crippen molar-refractivity contribution in [3.8, 4) is 0 Å². The average Bonchev–Trinajstić information content (AvgIpc) is 3.98. The molecule has 0 unspecified atom stereocenters. The summed E-state index contributed by atoms with van der Waals surface area (Å²) in [6.45, 7) is 0. The predicted molar refractivity (Wildman–Crippen MR) is 204 cm³/mol. The summed E-state index contributed by atoms with van der Waals surface area (Å²) in [4.78, 5) is 25.9. The number of fused-ring (bicyclic) bond motifs is 7. The fourth-order valence-corrected chi connectivity index (χ4v) is 9.00. The van der Waals surface area contributed by atoms with Gasteiger partial charge in [-0.2, -0.15) is 0 Å². The summed E-state index contributed by atoms with van der Waals surface area (Å²) in [6, 6.07) is 45.0. The predicted octanol–water partition coefficient (Wildman–Crippen LogP) is 8.86. The van der Waals surface area contributed by atoms with Crippen LogP contribution in [0.2, 0.25) is 0 Å². The monoisotopic (exact) mass is 664 g/mol. The second-order valence-corrected chi connectivity index (χ2v) is 14.1. The number of H-pyrrole nitrogens is 1. The normalized spacial score (nSPS) is 19.1. The molecular formula is C44H28N2OS2. The molecular weight excluding hydrogens is 637 g/mol. The number of aliphatic imine (C=N–C) groups is 1. The zero-order chi connectivity index (χ0) is 32.7. The number of nitrogens with zero attached hydrogens (tertiary/aromatic N) is 1. The minimum Gasteiger partial charge on any atom is -0.354 e. The molecule has 6 aromatic rings. The third-order valence-corrected chi connectivity index (χ3v) is 11.1. The van der Waals surface area contributed by atoms with E-state index in [2.05, 4.69) is 138 Å². The van der Waals surface area contributed by atoms with Crippen molar-refractivity contribution in [1.82, 2.24) is 4.98 Å². The fourth-order valence-electron chi connectivity index (χ4n) is 6.67. The molecule has 0 fully saturated rings. The number of carbonyl (C=O) groups excluding carboxylic acids is 1. The molecule has 2 aliphatic heterocycles. The van der Waals surface area contributed by atoms with Gasteiger partial charge in [-0.1, -0.05) is 103 Å². The largest absolute Gasteiger partial charge is 0.354 e. The van der Waals surface area contributed by atoms with Crippen LogP contribution in [0.5, 0.6) is 0 Å². The minimum atomic E-state index is -0.0114. The summed E-state index contributed by atoms with van der Waals surface area (Å²) in [6.07, 6.45) is 11.3. The summed E-state index contributed by atoms with van der Waals surface area (Å²) >= 11 is 3.52. The first-order valence-electron chi connectivity index (χ1n) is 16.2. The molecule has 0 spiro atoms. The Bertz CT molecular complexity index is 2570. The summed E-state index contributed by atoms with van der Waals surface area (Å²) in [7, 11) is 0. The highest BCUT2D eigenvalue weighted by Crippen LogP contribution is 2.40. The second kappa shape index (κ2) is 12.3. The van der Waals surface area contributed by atoms with Crippen molar-refractivity contribution in [2.24, 2.45) is 4.99 Å². The Morgan fingerprint density at radius 2 is 0.878 bits per heavy atom. The first kappa shape index (κ1) is 29.3. The quantitative estimate of drug-likeness (QED) is 0.202. The lowest BCUT2D eigenvalue weighted by molar-refractivity contribution is -0.110. The number of allylic oxidation sites excluding steroid dienone is 8. The van der Waals surface area contributed by atoms with Crippen LogP contribution in [0.15, 0.2) is 180 Å². The SMILES string of the molecule is O=C1C=CC(=C2C3=N/C(=C(/c4ccccc4)c4ccc(s4)/C(c4ccccc4)=c4/cc/c([nH]4)=C(\c4ccccc4)c4ccc2s4)C=C3)C=C1. The van der Waals surface area contributed by atoms with Gasteiger partial charge in [0.1, 0.15) is 0 Å². The summed E-state index contributed by atoms with van der Waals surface area (Å²) < 4.78 is 0. The molecule has 1 N–H and O–H groups in total. The number of rotatable bonds is 3. The van der Waals surface area contributed by atoms with Gasteiger partial charge < -0.3 is 4.98 Å². The van der Waals surface area contributed by atoms with E-state index in [1.54, 1.807) is 34.8 Å². The topological polar surface area (TPSA) is 45.2 Å². The van der Waals surface area contributed by atoms with E-state index in [-0.39, 0.29) is 5.78 Å². The summed E-state index contributed by atoms with van der Waals surface area (Å²) in [5.41, 5.74) is 10.6. The highest BCUT2D eigenvalue weighted by atomic mass is 32.1. The van der Waals surface area contributed by atoms with Crippen LogP contribution in [0.3, 0.4) is 0 Å². The molecule has 0 amide bonds. The van der Waals surface area contributed by atoms with Crippen LogP contribution in [0.4, 0.5) is 0 Å². The Morgan fingerprint density at radius 1 is 0.429 bits per heavy atom. The van der Waals surface area contributed by atoms with Crippen LogP contribution in [-0.4, -0.2) is 16.5 Å². The van der Waals surface area contributed by atoms with Crippen molar-refractivity contribution in [1.29, 1.82) is 0 Å². The lowest BCUT2D eigenvalue weighted by Gasteiger charge is -2.11. The maximum absolute atomic E-state index is 12.2. The molecule has 0 atom stereocenters. The first-order valence-corrected chi connectivity index (χ1v) is 17.8. The molecule has 5 heterocycles. The van der Waals surface area contributed by atoms with E-state index in [0.29, 0.717) is 0 Å². The van der Waals surface area contributed by atoms with Crippen LogP contribution in [0.1, 0.15) is 36.2 Å². The van der Waals surface area contributed by atoms with Crippen molar-refractivity contribution >= 4 is 56.5 Å². The van der Waals surface area contributed by atoms with Crippen molar-refractivity contribution in [3.63, 3.8) is 0 Å². The Kier molecular flexibility index (Phi) is 7.34. The molecule has 232 valence electrons. The number of aromatic amines is 1. The number of benzene rings is 3. The maximum Gasteiger partial charge on any atom is 0.178 e. The Balaban J connectivity index is 1.41. The molecule has 8 bridgehead atoms. The number of thiophene rings is 2. The van der Waals surface area contributed by atoms with Crippen LogP contribution >= 0.6 is 22.7 Å². The van der Waals surface area contributed by atoms with Crippen LogP contribution in [-0.2, 0) is 4.79 Å². The van der Waals surface area contributed by atoms with Crippen molar-refractivity contribution in [3.05, 3.63) is 222 Å². The Morgan fingerprint density at radius 3 is 1.39 bits per heavy atom. The van der Waals surface area contributed by atoms with E-state index in [0.717, 1.165) is 81.3 Å². The molecule has 5 heteroatoms. The number of hydrogen-bond acceptors (Lipinski definition) is 4. The average molecular weight is 665 g/mol. The van der Waals surface area contributed by atoms with Gasteiger partial charge in [0.15, 0.2) is 5.78 Å². The van der Waals surface area contributed by atoms with Gasteiger partial charge in [0.25, 0.3) is 0 Å². The lowest BCUT2D eigenvalue weighted by atomic mass is 9.97. The molecule has 0 saturated carbocycles. The van der Waals surface area contributed by atoms with Crippen molar-refractivity contribution < 1.29 is 4.79 Å². The van der Waals surface area contributed by atoms with Crippen LogP contribution in [0.25, 0.3) is 22.3 Å². The third kappa shape index (κ3) is 5.39. The second-order valence-electron chi connectivity index (χ2n) is 12.0. The van der Waals surface area contributed by atoms with E-state index in [4.69, 9.17) is 4.99 Å².